The molecular formula is C20H32O2. The fourth-order valence-electron chi connectivity index (χ4n) is 1.99. The first-order valence-corrected chi connectivity index (χ1v) is 8.59. The number of carboxylic acids is 1. The number of hydrogen-bond donors (Lipinski definition) is 1. The van der Waals surface area contributed by atoms with Gasteiger partial charge >= 0.3 is 5.97 Å². The molecule has 0 aromatic heterocycles. The molecule has 0 radical (unpaired) electrons. The van der Waals surface area contributed by atoms with E-state index in [0.29, 0.717) is 6.42 Å². The lowest BCUT2D eigenvalue weighted by Crippen LogP contribution is -1.93. The Morgan fingerprint density at radius 3 is 1.77 bits per heavy atom. The Labute approximate surface area is 136 Å². The lowest BCUT2D eigenvalue weighted by atomic mass is 10.1. The number of hydrogen-bond acceptors (Lipinski definition) is 1. The molecule has 0 aliphatic rings. The van der Waals surface area contributed by atoms with Crippen LogP contribution in [0.3, 0.4) is 0 Å². The molecule has 0 unspecified atom stereocenters. The van der Waals surface area contributed by atoms with Crippen LogP contribution in [0.1, 0.15) is 71.1 Å². The molecule has 0 saturated carbocycles. The fourth-order valence-corrected chi connectivity index (χ4v) is 1.99. The second-order valence-corrected chi connectivity index (χ2v) is 5.35. The molecule has 0 aromatic rings. The molecule has 0 atom stereocenters. The summed E-state index contributed by atoms with van der Waals surface area (Å²) in [5, 5.41) is 8.51. The molecule has 0 bridgehead atoms. The average molecular weight is 304 g/mol. The third-order valence-electron chi connectivity index (χ3n) is 3.23. The summed E-state index contributed by atoms with van der Waals surface area (Å²) in [5.41, 5.74) is 0. The zero-order valence-corrected chi connectivity index (χ0v) is 14.0. The van der Waals surface area contributed by atoms with E-state index in [2.05, 4.69) is 55.5 Å². The molecule has 0 heterocycles. The second kappa shape index (κ2) is 17.5. The maximum Gasteiger partial charge on any atom is 0.303 e. The zero-order valence-electron chi connectivity index (χ0n) is 14.0. The highest BCUT2D eigenvalue weighted by atomic mass is 16.4. The molecule has 0 rings (SSSR count). The van der Waals surface area contributed by atoms with Crippen LogP contribution in [-0.4, -0.2) is 11.1 Å². The first kappa shape index (κ1) is 20.4. The van der Waals surface area contributed by atoms with Crippen LogP contribution in [-0.2, 0) is 4.79 Å². The van der Waals surface area contributed by atoms with Crippen molar-refractivity contribution < 1.29 is 9.90 Å². The number of allylic oxidation sites excluding steroid dienone is 8. The summed E-state index contributed by atoms with van der Waals surface area (Å²) >= 11 is 0. The van der Waals surface area contributed by atoms with Crippen LogP contribution < -0.4 is 0 Å². The van der Waals surface area contributed by atoms with Crippen molar-refractivity contribution in [2.75, 3.05) is 0 Å². The van der Waals surface area contributed by atoms with Gasteiger partial charge in [0.25, 0.3) is 0 Å². The zero-order chi connectivity index (χ0) is 16.3. The summed E-state index contributed by atoms with van der Waals surface area (Å²) in [6, 6.07) is 0. The Bertz CT molecular complexity index is 362. The van der Waals surface area contributed by atoms with Gasteiger partial charge in [-0.25, -0.2) is 0 Å². The van der Waals surface area contributed by atoms with Crippen molar-refractivity contribution >= 4 is 5.97 Å². The Hall–Kier alpha value is -1.57. The lowest BCUT2D eigenvalue weighted by molar-refractivity contribution is -0.137. The van der Waals surface area contributed by atoms with Gasteiger partial charge in [0.05, 0.1) is 0 Å². The highest BCUT2D eigenvalue weighted by Crippen LogP contribution is 2.06. The lowest BCUT2D eigenvalue weighted by Gasteiger charge is -1.96. The van der Waals surface area contributed by atoms with E-state index in [9.17, 15) is 4.79 Å². The van der Waals surface area contributed by atoms with E-state index < -0.39 is 5.97 Å². The van der Waals surface area contributed by atoms with E-state index in [0.717, 1.165) is 57.8 Å². The van der Waals surface area contributed by atoms with Crippen LogP contribution in [0.4, 0.5) is 0 Å². The van der Waals surface area contributed by atoms with E-state index in [4.69, 9.17) is 5.11 Å². The summed E-state index contributed by atoms with van der Waals surface area (Å²) in [5.74, 6) is -0.682. The fraction of sp³-hybridized carbons (Fsp3) is 0.550. The minimum Gasteiger partial charge on any atom is -0.481 e. The van der Waals surface area contributed by atoms with E-state index >= 15 is 0 Å². The maximum atomic E-state index is 10.3. The van der Waals surface area contributed by atoms with Crippen molar-refractivity contribution in [2.45, 2.75) is 71.1 Å². The monoisotopic (exact) mass is 304 g/mol. The van der Waals surface area contributed by atoms with E-state index in [1.807, 2.05) is 0 Å². The number of aliphatic carboxylic acids is 1. The molecule has 0 aliphatic carbocycles. The maximum absolute atomic E-state index is 10.3. The van der Waals surface area contributed by atoms with Gasteiger partial charge in [-0.15, -0.1) is 0 Å². The van der Waals surface area contributed by atoms with Crippen molar-refractivity contribution in [1.82, 2.24) is 0 Å². The highest BCUT2D eigenvalue weighted by Gasteiger charge is 1.95. The van der Waals surface area contributed by atoms with Crippen molar-refractivity contribution in [3.8, 4) is 0 Å². The summed E-state index contributed by atoms with van der Waals surface area (Å²) < 4.78 is 0. The predicted molar refractivity (Wildman–Crippen MR) is 96.0 cm³/mol. The van der Waals surface area contributed by atoms with Crippen molar-refractivity contribution in [2.24, 2.45) is 0 Å². The third-order valence-corrected chi connectivity index (χ3v) is 3.23. The molecule has 0 amide bonds. The summed E-state index contributed by atoms with van der Waals surface area (Å²) in [6.07, 6.45) is 27.4. The summed E-state index contributed by atoms with van der Waals surface area (Å²) in [6.45, 7) is 2.15. The topological polar surface area (TPSA) is 37.3 Å². The van der Waals surface area contributed by atoms with Crippen LogP contribution in [0, 0.1) is 0 Å². The molecule has 0 fully saturated rings. The van der Waals surface area contributed by atoms with E-state index in [-0.39, 0.29) is 0 Å². The van der Waals surface area contributed by atoms with E-state index in [1.54, 1.807) is 0 Å². The predicted octanol–water partition coefficient (Wildman–Crippen LogP) is 6.22. The largest absolute Gasteiger partial charge is 0.481 e. The van der Waals surface area contributed by atoms with Crippen LogP contribution in [0.5, 0.6) is 0 Å². The van der Waals surface area contributed by atoms with Gasteiger partial charge in [-0.1, -0.05) is 68.4 Å². The SMILES string of the molecule is CC/C=C\C/C=C/C/C=C/C/C=C/CCCCCCC(=O)O. The smallest absolute Gasteiger partial charge is 0.303 e. The van der Waals surface area contributed by atoms with Crippen molar-refractivity contribution in [3.05, 3.63) is 48.6 Å². The second-order valence-electron chi connectivity index (χ2n) is 5.35. The molecule has 124 valence electrons. The summed E-state index contributed by atoms with van der Waals surface area (Å²) in [4.78, 5) is 10.3. The van der Waals surface area contributed by atoms with Crippen LogP contribution in [0.25, 0.3) is 0 Å². The molecular weight excluding hydrogens is 272 g/mol. The van der Waals surface area contributed by atoms with Crippen LogP contribution >= 0.6 is 0 Å². The molecule has 2 nitrogen and oxygen atoms in total. The Morgan fingerprint density at radius 2 is 1.23 bits per heavy atom. The molecule has 22 heavy (non-hydrogen) atoms. The number of unbranched alkanes of at least 4 members (excludes halogenated alkanes) is 4. The quantitative estimate of drug-likeness (QED) is 0.305. The van der Waals surface area contributed by atoms with Gasteiger partial charge in [-0.2, -0.15) is 0 Å². The minimum absolute atomic E-state index is 0.309. The van der Waals surface area contributed by atoms with E-state index in [1.165, 1.54) is 0 Å². The van der Waals surface area contributed by atoms with Gasteiger partial charge in [0, 0.05) is 6.42 Å². The summed E-state index contributed by atoms with van der Waals surface area (Å²) in [7, 11) is 0. The van der Waals surface area contributed by atoms with Crippen molar-refractivity contribution in [1.29, 1.82) is 0 Å². The highest BCUT2D eigenvalue weighted by molar-refractivity contribution is 5.66. The van der Waals surface area contributed by atoms with Gasteiger partial charge in [-0.05, 0) is 44.9 Å². The molecule has 2 heteroatoms. The molecule has 0 spiro atoms. The first-order chi connectivity index (χ1) is 10.8. The van der Waals surface area contributed by atoms with Crippen LogP contribution in [0.2, 0.25) is 0 Å². The Kier molecular flexibility index (Phi) is 16.2. The number of carbonyl (C=O) groups is 1. The number of carboxylic acid groups (broad SMARTS) is 1. The standard InChI is InChI=1S/C20H32O2/c1-2-3-4-5-6-7-8-9-10-11-12-13-14-15-16-17-18-19-20(21)22/h3-4,6-7,9-10,12-13H,2,5,8,11,14-19H2,1H3,(H,21,22)/b4-3-,7-6+,10-9+,13-12+. The molecule has 0 saturated heterocycles. The van der Waals surface area contributed by atoms with Crippen molar-refractivity contribution in [3.63, 3.8) is 0 Å². The van der Waals surface area contributed by atoms with Crippen LogP contribution in [0.15, 0.2) is 48.6 Å². The normalized spacial score (nSPS) is 12.4. The molecule has 0 aliphatic heterocycles. The number of rotatable bonds is 14. The minimum atomic E-state index is -0.682. The van der Waals surface area contributed by atoms with Gasteiger partial charge in [0.15, 0.2) is 0 Å². The average Bonchev–Trinajstić information content (AvgIpc) is 2.50. The van der Waals surface area contributed by atoms with Gasteiger partial charge in [-0.3, -0.25) is 4.79 Å². The first-order valence-electron chi connectivity index (χ1n) is 8.59. The molecule has 0 aromatic carbocycles. The Balaban J connectivity index is 3.34. The molecule has 1 N–H and O–H groups in total. The van der Waals surface area contributed by atoms with Gasteiger partial charge in [0.2, 0.25) is 0 Å². The Morgan fingerprint density at radius 1 is 0.727 bits per heavy atom. The van der Waals surface area contributed by atoms with Gasteiger partial charge < -0.3 is 5.11 Å². The van der Waals surface area contributed by atoms with Gasteiger partial charge in [0.1, 0.15) is 0 Å². The third kappa shape index (κ3) is 18.4.